The van der Waals surface area contributed by atoms with E-state index in [9.17, 15) is 18.0 Å². The van der Waals surface area contributed by atoms with Crippen molar-refractivity contribution in [3.8, 4) is 0 Å². The highest BCUT2D eigenvalue weighted by Crippen LogP contribution is 2.30. The van der Waals surface area contributed by atoms with Gasteiger partial charge < -0.3 is 10.6 Å². The van der Waals surface area contributed by atoms with Crippen molar-refractivity contribution in [1.29, 1.82) is 0 Å². The molecule has 3 aromatic rings. The quantitative estimate of drug-likeness (QED) is 0.654. The van der Waals surface area contributed by atoms with Crippen molar-refractivity contribution in [3.63, 3.8) is 0 Å². The fourth-order valence-corrected chi connectivity index (χ4v) is 2.56. The van der Waals surface area contributed by atoms with Gasteiger partial charge in [0, 0.05) is 17.1 Å². The Labute approximate surface area is 159 Å². The molecule has 0 unspecified atom stereocenters. The molecule has 1 aromatic heterocycles. The molecule has 0 saturated heterocycles. The number of aromatic nitrogens is 2. The second kappa shape index (κ2) is 7.67. The zero-order valence-electron chi connectivity index (χ0n) is 15.1. The molecule has 0 radical (unpaired) electrons. The molecule has 3 rings (SSSR count). The van der Waals surface area contributed by atoms with E-state index in [2.05, 4.69) is 20.6 Å². The number of rotatable bonds is 4. The zero-order valence-corrected chi connectivity index (χ0v) is 15.1. The smallest absolute Gasteiger partial charge is 0.324 e. The number of nitrogens with one attached hydrogen (secondary N) is 2. The number of halogens is 3. The summed E-state index contributed by atoms with van der Waals surface area (Å²) in [7, 11) is 0. The highest BCUT2D eigenvalue weighted by molar-refractivity contribution is 6.03. The number of aryl methyl sites for hydroxylation is 2. The molecule has 0 bridgehead atoms. The van der Waals surface area contributed by atoms with Crippen LogP contribution in [0.1, 0.15) is 27.3 Å². The highest BCUT2D eigenvalue weighted by Gasteiger charge is 2.30. The number of anilines is 3. The Hall–Kier alpha value is -3.42. The maximum atomic E-state index is 12.8. The lowest BCUT2D eigenvalue weighted by Crippen LogP contribution is -2.16. The first-order valence-corrected chi connectivity index (χ1v) is 8.39. The third kappa shape index (κ3) is 4.85. The van der Waals surface area contributed by atoms with E-state index >= 15 is 0 Å². The monoisotopic (exact) mass is 386 g/mol. The Bertz CT molecular complexity index is 1020. The van der Waals surface area contributed by atoms with Crippen LogP contribution >= 0.6 is 0 Å². The first kappa shape index (κ1) is 19.3. The Morgan fingerprint density at radius 2 is 1.64 bits per heavy atom. The molecule has 5 nitrogen and oxygen atoms in total. The number of carbonyl (C=O) groups excluding carboxylic acids is 1. The number of amides is 1. The summed E-state index contributed by atoms with van der Waals surface area (Å²) < 4.78 is 38.5. The number of hydrogen-bond acceptors (Lipinski definition) is 4. The third-order valence-corrected chi connectivity index (χ3v) is 3.81. The highest BCUT2D eigenvalue weighted by atomic mass is 19.4. The summed E-state index contributed by atoms with van der Waals surface area (Å²) in [4.78, 5) is 20.9. The van der Waals surface area contributed by atoms with Crippen molar-refractivity contribution in [1.82, 2.24) is 9.97 Å². The number of benzene rings is 2. The van der Waals surface area contributed by atoms with Crippen LogP contribution in [-0.2, 0) is 6.18 Å². The van der Waals surface area contributed by atoms with E-state index in [1.165, 1.54) is 18.2 Å². The van der Waals surface area contributed by atoms with Crippen molar-refractivity contribution in [2.45, 2.75) is 20.0 Å². The van der Waals surface area contributed by atoms with E-state index in [1.54, 1.807) is 6.92 Å². The van der Waals surface area contributed by atoms with Gasteiger partial charge in [-0.1, -0.05) is 18.2 Å². The van der Waals surface area contributed by atoms with Crippen molar-refractivity contribution < 1.29 is 18.0 Å². The van der Waals surface area contributed by atoms with Gasteiger partial charge in [0.05, 0.1) is 5.56 Å². The summed E-state index contributed by atoms with van der Waals surface area (Å²) in [6, 6.07) is 13.4. The normalized spacial score (nSPS) is 11.2. The molecule has 0 aliphatic heterocycles. The maximum Gasteiger partial charge on any atom is 0.416 e. The topological polar surface area (TPSA) is 66.9 Å². The average Bonchev–Trinajstić information content (AvgIpc) is 2.61. The van der Waals surface area contributed by atoms with Gasteiger partial charge in [-0.2, -0.15) is 13.2 Å². The van der Waals surface area contributed by atoms with Crippen LogP contribution in [0.5, 0.6) is 0 Å². The minimum atomic E-state index is -4.49. The van der Waals surface area contributed by atoms with Crippen LogP contribution in [0.25, 0.3) is 0 Å². The van der Waals surface area contributed by atoms with Crippen LogP contribution in [-0.4, -0.2) is 15.9 Å². The van der Waals surface area contributed by atoms with Gasteiger partial charge in [-0.15, -0.1) is 0 Å². The Morgan fingerprint density at radius 3 is 2.36 bits per heavy atom. The van der Waals surface area contributed by atoms with Gasteiger partial charge in [-0.3, -0.25) is 4.79 Å². The molecule has 1 heterocycles. The molecule has 0 saturated carbocycles. The van der Waals surface area contributed by atoms with E-state index in [-0.39, 0.29) is 17.3 Å². The number of nitrogens with zero attached hydrogens (tertiary/aromatic N) is 2. The standard InChI is InChI=1S/C20H17F3N4O/c1-12-5-3-7-15(9-12)26-19-24-13(2)10-17(27-19)18(28)25-16-8-4-6-14(11-16)20(21,22)23/h3-11H,1-2H3,(H,25,28)(H,24,26,27). The summed E-state index contributed by atoms with van der Waals surface area (Å²) in [5.41, 5.74) is 1.57. The molecule has 1 amide bonds. The molecule has 0 atom stereocenters. The fraction of sp³-hybridized carbons (Fsp3) is 0.150. The Balaban J connectivity index is 1.81. The van der Waals surface area contributed by atoms with Crippen LogP contribution in [0.4, 0.5) is 30.5 Å². The predicted octanol–water partition coefficient (Wildman–Crippen LogP) is 5.11. The summed E-state index contributed by atoms with van der Waals surface area (Å²) in [6.45, 7) is 3.64. The molecule has 8 heteroatoms. The lowest BCUT2D eigenvalue weighted by atomic mass is 10.2. The fourth-order valence-electron chi connectivity index (χ4n) is 2.56. The lowest BCUT2D eigenvalue weighted by Gasteiger charge is -2.11. The van der Waals surface area contributed by atoms with Gasteiger partial charge in [0.2, 0.25) is 5.95 Å². The van der Waals surface area contributed by atoms with Gasteiger partial charge in [-0.25, -0.2) is 9.97 Å². The van der Waals surface area contributed by atoms with Crippen molar-refractivity contribution in [3.05, 3.63) is 77.1 Å². The first-order chi connectivity index (χ1) is 13.2. The maximum absolute atomic E-state index is 12.8. The van der Waals surface area contributed by atoms with Gasteiger partial charge >= 0.3 is 6.18 Å². The third-order valence-electron chi connectivity index (χ3n) is 3.81. The molecule has 0 aliphatic carbocycles. The van der Waals surface area contributed by atoms with Crippen LogP contribution in [0, 0.1) is 13.8 Å². The zero-order chi connectivity index (χ0) is 20.3. The van der Waals surface area contributed by atoms with E-state index < -0.39 is 17.6 Å². The van der Waals surface area contributed by atoms with Crippen molar-refractivity contribution in [2.75, 3.05) is 10.6 Å². The van der Waals surface area contributed by atoms with Crippen molar-refractivity contribution in [2.24, 2.45) is 0 Å². The van der Waals surface area contributed by atoms with Gasteiger partial charge in [0.15, 0.2) is 0 Å². The molecule has 2 N–H and O–H groups in total. The predicted molar refractivity (Wildman–Crippen MR) is 101 cm³/mol. The number of carbonyl (C=O) groups is 1. The van der Waals surface area contributed by atoms with Crippen molar-refractivity contribution >= 4 is 23.2 Å². The average molecular weight is 386 g/mol. The van der Waals surface area contributed by atoms with Gasteiger partial charge in [0.25, 0.3) is 5.91 Å². The van der Waals surface area contributed by atoms with E-state index in [1.807, 2.05) is 31.2 Å². The summed E-state index contributed by atoms with van der Waals surface area (Å²) in [5.74, 6) is -0.406. The minimum absolute atomic E-state index is 0.0317. The molecule has 0 spiro atoms. The molecule has 2 aromatic carbocycles. The van der Waals surface area contributed by atoms with E-state index in [0.717, 1.165) is 23.4 Å². The molecule has 0 aliphatic rings. The summed E-state index contributed by atoms with van der Waals surface area (Å²) >= 11 is 0. The molecular weight excluding hydrogens is 369 g/mol. The van der Waals surface area contributed by atoms with E-state index in [4.69, 9.17) is 0 Å². The Kier molecular flexibility index (Phi) is 5.30. The lowest BCUT2D eigenvalue weighted by molar-refractivity contribution is -0.137. The van der Waals surface area contributed by atoms with Gasteiger partial charge in [-0.05, 0) is 55.8 Å². The molecule has 0 fully saturated rings. The van der Waals surface area contributed by atoms with Gasteiger partial charge in [0.1, 0.15) is 5.69 Å². The minimum Gasteiger partial charge on any atom is -0.324 e. The number of alkyl halides is 3. The van der Waals surface area contributed by atoms with Crippen LogP contribution in [0.3, 0.4) is 0 Å². The molecule has 28 heavy (non-hydrogen) atoms. The van der Waals surface area contributed by atoms with Crippen LogP contribution < -0.4 is 10.6 Å². The number of hydrogen-bond donors (Lipinski definition) is 2. The Morgan fingerprint density at radius 1 is 0.929 bits per heavy atom. The summed E-state index contributed by atoms with van der Waals surface area (Å²) in [6.07, 6.45) is -4.49. The first-order valence-electron chi connectivity index (χ1n) is 8.39. The van der Waals surface area contributed by atoms with Crippen LogP contribution in [0.15, 0.2) is 54.6 Å². The molecular formula is C20H17F3N4O. The second-order valence-corrected chi connectivity index (χ2v) is 6.25. The van der Waals surface area contributed by atoms with Crippen LogP contribution in [0.2, 0.25) is 0 Å². The summed E-state index contributed by atoms with van der Waals surface area (Å²) in [5, 5.41) is 5.46. The molecule has 144 valence electrons. The largest absolute Gasteiger partial charge is 0.416 e. The SMILES string of the molecule is Cc1cccc(Nc2nc(C)cc(C(=O)Nc3cccc(C(F)(F)F)c3)n2)c1. The van der Waals surface area contributed by atoms with E-state index in [0.29, 0.717) is 5.69 Å². The second-order valence-electron chi connectivity index (χ2n) is 6.25.